The van der Waals surface area contributed by atoms with E-state index in [4.69, 9.17) is 0 Å². The van der Waals surface area contributed by atoms with Crippen molar-refractivity contribution in [2.45, 2.75) is 31.7 Å². The number of benzene rings is 1. The number of nitrogens with one attached hydrogen (secondary N) is 1. The zero-order valence-electron chi connectivity index (χ0n) is 9.17. The highest BCUT2D eigenvalue weighted by Gasteiger charge is 2.22. The molecule has 1 saturated carbocycles. The van der Waals surface area contributed by atoms with Gasteiger partial charge in [0.25, 0.3) is 0 Å². The highest BCUT2D eigenvalue weighted by Crippen LogP contribution is 2.35. The van der Waals surface area contributed by atoms with E-state index in [0.717, 1.165) is 5.92 Å². The van der Waals surface area contributed by atoms with Gasteiger partial charge in [-0.25, -0.2) is 0 Å². The summed E-state index contributed by atoms with van der Waals surface area (Å²) in [6, 6.07) is 9.42. The van der Waals surface area contributed by atoms with Crippen LogP contribution in [0, 0.1) is 9.49 Å². The number of rotatable bonds is 5. The topological polar surface area (TPSA) is 12.0 Å². The molecule has 0 aliphatic heterocycles. The molecule has 82 valence electrons. The minimum Gasteiger partial charge on any atom is -0.313 e. The van der Waals surface area contributed by atoms with Gasteiger partial charge in [-0.1, -0.05) is 25.0 Å². The molecule has 15 heavy (non-hydrogen) atoms. The second-order valence-corrected chi connectivity index (χ2v) is 5.66. The molecule has 0 heterocycles. The summed E-state index contributed by atoms with van der Waals surface area (Å²) in [7, 11) is 2.07. The van der Waals surface area contributed by atoms with E-state index in [9.17, 15) is 0 Å². The molecule has 1 fully saturated rings. The lowest BCUT2D eigenvalue weighted by molar-refractivity contribution is 0.506. The predicted octanol–water partition coefficient (Wildman–Crippen LogP) is 3.74. The fourth-order valence-corrected chi connectivity index (χ4v) is 2.34. The van der Waals surface area contributed by atoms with Crippen molar-refractivity contribution >= 4 is 22.6 Å². The van der Waals surface area contributed by atoms with Gasteiger partial charge in [0.2, 0.25) is 0 Å². The van der Waals surface area contributed by atoms with Crippen molar-refractivity contribution in [2.75, 3.05) is 7.05 Å². The second kappa shape index (κ2) is 5.30. The predicted molar refractivity (Wildman–Crippen MR) is 72.9 cm³/mol. The van der Waals surface area contributed by atoms with Crippen LogP contribution in [0.15, 0.2) is 24.3 Å². The summed E-state index contributed by atoms with van der Waals surface area (Å²) in [5.74, 6) is 1.03. The third kappa shape index (κ3) is 3.45. The lowest BCUT2D eigenvalue weighted by atomic mass is 10.0. The molecule has 1 unspecified atom stereocenters. The zero-order chi connectivity index (χ0) is 10.7. The van der Waals surface area contributed by atoms with E-state index >= 15 is 0 Å². The highest BCUT2D eigenvalue weighted by atomic mass is 127. The number of hydrogen-bond acceptors (Lipinski definition) is 1. The molecule has 0 amide bonds. The summed E-state index contributed by atoms with van der Waals surface area (Å²) in [4.78, 5) is 0. The Balaban J connectivity index is 1.94. The molecule has 0 bridgehead atoms. The van der Waals surface area contributed by atoms with Crippen molar-refractivity contribution in [2.24, 2.45) is 5.92 Å². The van der Waals surface area contributed by atoms with Crippen molar-refractivity contribution in [3.63, 3.8) is 0 Å². The quantitative estimate of drug-likeness (QED) is 0.816. The lowest BCUT2D eigenvalue weighted by Gasteiger charge is -2.16. The highest BCUT2D eigenvalue weighted by molar-refractivity contribution is 14.1. The molecule has 1 nitrogen and oxygen atoms in total. The molecule has 0 radical (unpaired) electrons. The standard InChI is InChI=1S/C13H18IN/c1-15-13(9-4-10-2-3-10)11-5-7-12(14)8-6-11/h5-8,10,13,15H,2-4,9H2,1H3. The van der Waals surface area contributed by atoms with Gasteiger partial charge >= 0.3 is 0 Å². The Kier molecular flexibility index (Phi) is 4.03. The largest absolute Gasteiger partial charge is 0.313 e. The van der Waals surface area contributed by atoms with Crippen molar-refractivity contribution in [3.05, 3.63) is 33.4 Å². The first kappa shape index (κ1) is 11.4. The Morgan fingerprint density at radius 1 is 1.33 bits per heavy atom. The molecule has 1 aliphatic carbocycles. The van der Waals surface area contributed by atoms with Crippen LogP contribution in [0.5, 0.6) is 0 Å². The zero-order valence-corrected chi connectivity index (χ0v) is 11.3. The van der Waals surface area contributed by atoms with Crippen LogP contribution >= 0.6 is 22.6 Å². The van der Waals surface area contributed by atoms with Crippen molar-refractivity contribution < 1.29 is 0 Å². The van der Waals surface area contributed by atoms with Crippen LogP contribution in [-0.2, 0) is 0 Å². The van der Waals surface area contributed by atoms with Crippen molar-refractivity contribution in [3.8, 4) is 0 Å². The van der Waals surface area contributed by atoms with Gasteiger partial charge in [0.1, 0.15) is 0 Å². The second-order valence-electron chi connectivity index (χ2n) is 4.41. The molecule has 2 rings (SSSR count). The molecule has 2 heteroatoms. The van der Waals surface area contributed by atoms with Crippen molar-refractivity contribution in [1.82, 2.24) is 5.32 Å². The minimum absolute atomic E-state index is 0.544. The first-order chi connectivity index (χ1) is 7.29. The molecular formula is C13H18IN. The van der Waals surface area contributed by atoms with E-state index in [1.807, 2.05) is 0 Å². The van der Waals surface area contributed by atoms with Crippen LogP contribution in [0.3, 0.4) is 0 Å². The summed E-state index contributed by atoms with van der Waals surface area (Å²) in [6.45, 7) is 0. The van der Waals surface area contributed by atoms with Crippen molar-refractivity contribution in [1.29, 1.82) is 0 Å². The van der Waals surface area contributed by atoms with Gasteiger partial charge in [-0.3, -0.25) is 0 Å². The maximum absolute atomic E-state index is 3.42. The Labute approximate surface area is 106 Å². The van der Waals surface area contributed by atoms with E-state index in [0.29, 0.717) is 6.04 Å². The number of halogens is 1. The maximum Gasteiger partial charge on any atom is 0.0317 e. The maximum atomic E-state index is 3.42. The summed E-state index contributed by atoms with van der Waals surface area (Å²) < 4.78 is 1.31. The van der Waals surface area contributed by atoms with Gasteiger partial charge in [-0.15, -0.1) is 0 Å². The van der Waals surface area contributed by atoms with Gasteiger partial charge in [0.05, 0.1) is 0 Å². The third-order valence-electron chi connectivity index (χ3n) is 3.18. The molecule has 1 aliphatic rings. The first-order valence-electron chi connectivity index (χ1n) is 5.72. The Morgan fingerprint density at radius 2 is 2.00 bits per heavy atom. The van der Waals surface area contributed by atoms with E-state index in [2.05, 4.69) is 59.2 Å². The Morgan fingerprint density at radius 3 is 2.53 bits per heavy atom. The molecule has 1 N–H and O–H groups in total. The van der Waals surface area contributed by atoms with Crippen LogP contribution in [0.2, 0.25) is 0 Å². The Hall–Kier alpha value is -0.0900. The summed E-state index contributed by atoms with van der Waals surface area (Å²) in [6.07, 6.45) is 5.59. The monoisotopic (exact) mass is 315 g/mol. The van der Waals surface area contributed by atoms with Crippen LogP contribution in [-0.4, -0.2) is 7.05 Å². The van der Waals surface area contributed by atoms with E-state index in [1.54, 1.807) is 0 Å². The summed E-state index contributed by atoms with van der Waals surface area (Å²) in [5, 5.41) is 3.42. The normalized spacial score (nSPS) is 17.7. The molecule has 1 aromatic rings. The fraction of sp³-hybridized carbons (Fsp3) is 0.538. The van der Waals surface area contributed by atoms with E-state index in [1.165, 1.54) is 34.8 Å². The third-order valence-corrected chi connectivity index (χ3v) is 3.90. The smallest absolute Gasteiger partial charge is 0.0317 e. The van der Waals surface area contributed by atoms with E-state index in [-0.39, 0.29) is 0 Å². The molecule has 0 spiro atoms. The molecular weight excluding hydrogens is 297 g/mol. The fourth-order valence-electron chi connectivity index (χ4n) is 1.98. The molecule has 1 aromatic carbocycles. The van der Waals surface area contributed by atoms with Crippen LogP contribution in [0.1, 0.15) is 37.3 Å². The van der Waals surface area contributed by atoms with Gasteiger partial charge < -0.3 is 5.32 Å². The molecule has 1 atom stereocenters. The summed E-state index contributed by atoms with van der Waals surface area (Å²) >= 11 is 2.35. The minimum atomic E-state index is 0.544. The Bertz CT molecular complexity index is 303. The molecule has 0 saturated heterocycles. The van der Waals surface area contributed by atoms with Crippen LogP contribution < -0.4 is 5.32 Å². The molecule has 0 aromatic heterocycles. The van der Waals surface area contributed by atoms with Crippen LogP contribution in [0.25, 0.3) is 0 Å². The van der Waals surface area contributed by atoms with Gasteiger partial charge in [0.15, 0.2) is 0 Å². The summed E-state index contributed by atoms with van der Waals surface area (Å²) in [5.41, 5.74) is 1.43. The average molecular weight is 315 g/mol. The SMILES string of the molecule is CNC(CCC1CC1)c1ccc(I)cc1. The first-order valence-corrected chi connectivity index (χ1v) is 6.80. The average Bonchev–Trinajstić information content (AvgIpc) is 3.05. The van der Waals surface area contributed by atoms with E-state index < -0.39 is 0 Å². The lowest BCUT2D eigenvalue weighted by Crippen LogP contribution is -2.16. The van der Waals surface area contributed by atoms with Crippen LogP contribution in [0.4, 0.5) is 0 Å². The number of hydrogen-bond donors (Lipinski definition) is 1. The van der Waals surface area contributed by atoms with Gasteiger partial charge in [0, 0.05) is 9.61 Å². The van der Waals surface area contributed by atoms with Gasteiger partial charge in [-0.05, 0) is 66.1 Å². The van der Waals surface area contributed by atoms with Gasteiger partial charge in [-0.2, -0.15) is 0 Å².